The van der Waals surface area contributed by atoms with Gasteiger partial charge in [-0.1, -0.05) is 24.3 Å². The van der Waals surface area contributed by atoms with Crippen LogP contribution in [-0.4, -0.2) is 36.9 Å². The number of ether oxygens (including phenoxy) is 2. The van der Waals surface area contributed by atoms with Crippen LogP contribution in [0.25, 0.3) is 22.0 Å². The van der Waals surface area contributed by atoms with Gasteiger partial charge < -0.3 is 14.8 Å². The minimum atomic E-state index is -0.749. The van der Waals surface area contributed by atoms with Crippen LogP contribution in [0, 0.1) is 5.82 Å². The summed E-state index contributed by atoms with van der Waals surface area (Å²) in [6.45, 7) is 2.09. The number of carbonyl (C=O) groups is 1. The van der Waals surface area contributed by atoms with Crippen LogP contribution in [0.5, 0.6) is 5.75 Å². The molecule has 0 fully saturated rings. The summed E-state index contributed by atoms with van der Waals surface area (Å²) in [6.07, 6.45) is 0.445. The van der Waals surface area contributed by atoms with Crippen LogP contribution in [0.3, 0.4) is 0 Å². The third-order valence-corrected chi connectivity index (χ3v) is 3.92. The topological polar surface area (TPSA) is 73.3 Å². The number of halogens is 1. The standard InChI is InChI=1S/C19H18FN3O3/c1-3-25-11-26-18-15(9-8-12(10-24)16(18)20)17-13-6-4-5-7-14(13)19(21-2)23-22-17/h4-10H,3,11H2,1-2H3,(H,21,23). The molecule has 0 saturated carbocycles. The van der Waals surface area contributed by atoms with Crippen molar-refractivity contribution in [3.05, 3.63) is 47.8 Å². The van der Waals surface area contributed by atoms with Gasteiger partial charge in [0.1, 0.15) is 5.69 Å². The molecule has 0 unspecified atom stereocenters. The molecule has 1 heterocycles. The molecule has 26 heavy (non-hydrogen) atoms. The summed E-state index contributed by atoms with van der Waals surface area (Å²) in [7, 11) is 1.76. The molecule has 6 nitrogen and oxygen atoms in total. The molecule has 1 N–H and O–H groups in total. The minimum Gasteiger partial charge on any atom is -0.464 e. The number of nitrogens with zero attached hydrogens (tertiary/aromatic N) is 2. The highest BCUT2D eigenvalue weighted by Crippen LogP contribution is 2.37. The number of hydrogen-bond acceptors (Lipinski definition) is 6. The van der Waals surface area contributed by atoms with Gasteiger partial charge in [-0.2, -0.15) is 0 Å². The van der Waals surface area contributed by atoms with Crippen LogP contribution in [0.2, 0.25) is 0 Å². The van der Waals surface area contributed by atoms with Gasteiger partial charge >= 0.3 is 0 Å². The third-order valence-electron chi connectivity index (χ3n) is 3.92. The molecule has 0 atom stereocenters. The van der Waals surface area contributed by atoms with Gasteiger partial charge in [0.15, 0.2) is 30.5 Å². The van der Waals surface area contributed by atoms with Crippen molar-refractivity contribution < 1.29 is 18.7 Å². The number of aldehydes is 1. The van der Waals surface area contributed by atoms with E-state index in [4.69, 9.17) is 9.47 Å². The second-order valence-corrected chi connectivity index (χ2v) is 5.41. The highest BCUT2D eigenvalue weighted by molar-refractivity contribution is 6.01. The van der Waals surface area contributed by atoms with Crippen LogP contribution in [0.15, 0.2) is 36.4 Å². The molecule has 0 spiro atoms. The number of hydrogen-bond donors (Lipinski definition) is 1. The molecule has 3 rings (SSSR count). The molecule has 2 aromatic carbocycles. The number of fused-ring (bicyclic) bond motifs is 1. The van der Waals surface area contributed by atoms with Crippen molar-refractivity contribution >= 4 is 22.9 Å². The largest absolute Gasteiger partial charge is 0.464 e. The smallest absolute Gasteiger partial charge is 0.189 e. The average Bonchev–Trinajstić information content (AvgIpc) is 2.68. The Kier molecular flexibility index (Phi) is 5.38. The summed E-state index contributed by atoms with van der Waals surface area (Å²) in [5.41, 5.74) is 0.769. The lowest BCUT2D eigenvalue weighted by Crippen LogP contribution is -2.07. The SMILES string of the molecule is CCOCOc1c(-c2nnc(NC)c3ccccc23)ccc(C=O)c1F. The Morgan fingerprint density at radius 2 is 1.92 bits per heavy atom. The summed E-state index contributed by atoms with van der Waals surface area (Å²) < 4.78 is 25.3. The van der Waals surface area contributed by atoms with Crippen molar-refractivity contribution in [2.24, 2.45) is 0 Å². The first-order valence-electron chi connectivity index (χ1n) is 8.13. The summed E-state index contributed by atoms with van der Waals surface area (Å²) in [5.74, 6) is -0.216. The molecule has 7 heteroatoms. The van der Waals surface area contributed by atoms with Gasteiger partial charge in [0, 0.05) is 30.0 Å². The molecule has 0 aliphatic carbocycles. The number of anilines is 1. The Labute approximate surface area is 150 Å². The van der Waals surface area contributed by atoms with E-state index in [1.165, 1.54) is 6.07 Å². The molecule has 134 valence electrons. The van der Waals surface area contributed by atoms with Crippen molar-refractivity contribution in [3.63, 3.8) is 0 Å². The van der Waals surface area contributed by atoms with E-state index in [9.17, 15) is 9.18 Å². The number of carbonyl (C=O) groups excluding carboxylic acids is 1. The Hall–Kier alpha value is -3.06. The fraction of sp³-hybridized carbons (Fsp3) is 0.211. The minimum absolute atomic E-state index is 0.0836. The quantitative estimate of drug-likeness (QED) is 0.396. The second-order valence-electron chi connectivity index (χ2n) is 5.41. The average molecular weight is 355 g/mol. The molecule has 0 radical (unpaired) electrons. The Morgan fingerprint density at radius 1 is 1.15 bits per heavy atom. The lowest BCUT2D eigenvalue weighted by molar-refractivity contribution is 0.0204. The predicted molar refractivity (Wildman–Crippen MR) is 97.0 cm³/mol. The molecule has 0 saturated heterocycles. The fourth-order valence-corrected chi connectivity index (χ4v) is 2.66. The van der Waals surface area contributed by atoms with Crippen molar-refractivity contribution in [2.75, 3.05) is 25.8 Å². The maximum atomic E-state index is 14.7. The maximum absolute atomic E-state index is 14.7. The predicted octanol–water partition coefficient (Wildman–Crippen LogP) is 3.66. The van der Waals surface area contributed by atoms with Gasteiger partial charge in [-0.05, 0) is 19.1 Å². The van der Waals surface area contributed by atoms with Gasteiger partial charge in [0.25, 0.3) is 0 Å². The number of aromatic nitrogens is 2. The highest BCUT2D eigenvalue weighted by Gasteiger charge is 2.20. The van der Waals surface area contributed by atoms with Crippen molar-refractivity contribution in [3.8, 4) is 17.0 Å². The molecule has 0 aliphatic rings. The van der Waals surface area contributed by atoms with Gasteiger partial charge in [0.2, 0.25) is 0 Å². The summed E-state index contributed by atoms with van der Waals surface area (Å²) in [4.78, 5) is 11.1. The number of rotatable bonds is 7. The molecule has 0 amide bonds. The van der Waals surface area contributed by atoms with E-state index in [1.54, 1.807) is 20.0 Å². The Balaban J connectivity index is 2.22. The van der Waals surface area contributed by atoms with Crippen molar-refractivity contribution in [1.82, 2.24) is 10.2 Å². The zero-order valence-electron chi connectivity index (χ0n) is 14.5. The van der Waals surface area contributed by atoms with Crippen LogP contribution >= 0.6 is 0 Å². The molecular weight excluding hydrogens is 337 g/mol. The molecule has 3 aromatic rings. The van der Waals surface area contributed by atoms with Gasteiger partial charge in [-0.15, -0.1) is 10.2 Å². The van der Waals surface area contributed by atoms with Gasteiger partial charge in [0.05, 0.1) is 5.56 Å². The first kappa shape index (κ1) is 17.8. The third kappa shape index (κ3) is 3.21. The van der Waals surface area contributed by atoms with Crippen LogP contribution in [-0.2, 0) is 4.74 Å². The normalized spacial score (nSPS) is 10.7. The van der Waals surface area contributed by atoms with Crippen LogP contribution in [0.1, 0.15) is 17.3 Å². The molecule has 1 aromatic heterocycles. The van der Waals surface area contributed by atoms with E-state index >= 15 is 0 Å². The second kappa shape index (κ2) is 7.88. The van der Waals surface area contributed by atoms with Gasteiger partial charge in [-0.3, -0.25) is 4.79 Å². The highest BCUT2D eigenvalue weighted by atomic mass is 19.1. The monoisotopic (exact) mass is 355 g/mol. The fourth-order valence-electron chi connectivity index (χ4n) is 2.66. The molecule has 0 aliphatic heterocycles. The number of benzene rings is 2. The Bertz CT molecular complexity index is 947. The molecular formula is C19H18FN3O3. The first-order valence-corrected chi connectivity index (χ1v) is 8.13. The summed E-state index contributed by atoms with van der Waals surface area (Å²) in [5, 5.41) is 13.0. The maximum Gasteiger partial charge on any atom is 0.189 e. The van der Waals surface area contributed by atoms with E-state index in [0.29, 0.717) is 30.0 Å². The summed E-state index contributed by atoms with van der Waals surface area (Å²) >= 11 is 0. The summed E-state index contributed by atoms with van der Waals surface area (Å²) in [6, 6.07) is 10.5. The number of nitrogens with one attached hydrogen (secondary N) is 1. The lowest BCUT2D eigenvalue weighted by atomic mass is 10.0. The van der Waals surface area contributed by atoms with E-state index in [0.717, 1.165) is 10.8 Å². The van der Waals surface area contributed by atoms with E-state index in [2.05, 4.69) is 15.5 Å². The van der Waals surface area contributed by atoms with Crippen LogP contribution < -0.4 is 10.1 Å². The first-order chi connectivity index (χ1) is 12.7. The van der Waals surface area contributed by atoms with Gasteiger partial charge in [-0.25, -0.2) is 4.39 Å². The lowest BCUT2D eigenvalue weighted by Gasteiger charge is -2.15. The van der Waals surface area contributed by atoms with Crippen LogP contribution in [0.4, 0.5) is 10.2 Å². The van der Waals surface area contributed by atoms with Crippen molar-refractivity contribution in [2.45, 2.75) is 6.92 Å². The Morgan fingerprint density at radius 3 is 2.62 bits per heavy atom. The zero-order chi connectivity index (χ0) is 18.5. The molecule has 0 bridgehead atoms. The van der Waals surface area contributed by atoms with Crippen molar-refractivity contribution in [1.29, 1.82) is 0 Å². The van der Waals surface area contributed by atoms with E-state index < -0.39 is 5.82 Å². The zero-order valence-corrected chi connectivity index (χ0v) is 14.5. The van der Waals surface area contributed by atoms with E-state index in [-0.39, 0.29) is 18.1 Å². The van der Waals surface area contributed by atoms with E-state index in [1.807, 2.05) is 24.3 Å².